The van der Waals surface area contributed by atoms with Crippen LogP contribution in [0.3, 0.4) is 0 Å². The third-order valence-electron chi connectivity index (χ3n) is 4.57. The Morgan fingerprint density at radius 1 is 0.935 bits per heavy atom. The van der Waals surface area contributed by atoms with Crippen LogP contribution in [0.5, 0.6) is 0 Å². The Balaban J connectivity index is 1.48. The summed E-state index contributed by atoms with van der Waals surface area (Å²) in [5.41, 5.74) is 1.95. The summed E-state index contributed by atoms with van der Waals surface area (Å²) in [6.07, 6.45) is 0. The topological polar surface area (TPSA) is 78.5 Å². The zero-order chi connectivity index (χ0) is 22.1. The van der Waals surface area contributed by atoms with Crippen molar-refractivity contribution in [1.82, 2.24) is 5.32 Å². The second-order valence-corrected chi connectivity index (χ2v) is 8.64. The highest BCUT2D eigenvalue weighted by Gasteiger charge is 2.36. The summed E-state index contributed by atoms with van der Waals surface area (Å²) in [5, 5.41) is 5.76. The molecule has 0 saturated heterocycles. The average molecular weight is 562 g/mol. The zero-order valence-electron chi connectivity index (χ0n) is 15.7. The van der Waals surface area contributed by atoms with Gasteiger partial charge in [0.25, 0.3) is 17.7 Å². The van der Waals surface area contributed by atoms with E-state index in [0.29, 0.717) is 28.1 Å². The number of nitrogens with one attached hydrogen (secondary N) is 2. The molecule has 3 amide bonds. The molecule has 4 rings (SSSR count). The van der Waals surface area contributed by atoms with Gasteiger partial charge in [-0.3, -0.25) is 19.7 Å². The first-order chi connectivity index (χ1) is 14.8. The molecular formula is C22H13ClIN3O3S. The molecule has 0 spiro atoms. The predicted octanol–water partition coefficient (Wildman–Crippen LogP) is 4.87. The number of halogens is 2. The standard InChI is InChI=1S/C22H13ClIN3O3S/c23-17-11-14(27-20(29)15-6-1-2-7-16(15)21(27)30)8-9-18(17)25-22(31)26-19(28)12-4-3-5-13(24)10-12/h1-11H,(H2,25,26,28,31). The van der Waals surface area contributed by atoms with Crippen LogP contribution < -0.4 is 15.5 Å². The zero-order valence-corrected chi connectivity index (χ0v) is 19.4. The van der Waals surface area contributed by atoms with Gasteiger partial charge in [-0.25, -0.2) is 4.90 Å². The van der Waals surface area contributed by atoms with E-state index in [9.17, 15) is 14.4 Å². The fraction of sp³-hybridized carbons (Fsp3) is 0. The minimum Gasteiger partial charge on any atom is -0.331 e. The number of amides is 3. The molecule has 0 aromatic heterocycles. The van der Waals surface area contributed by atoms with Crippen molar-refractivity contribution in [2.75, 3.05) is 10.2 Å². The van der Waals surface area contributed by atoms with Crippen molar-refractivity contribution in [3.8, 4) is 0 Å². The summed E-state index contributed by atoms with van der Waals surface area (Å²) in [4.78, 5) is 38.7. The first-order valence-electron chi connectivity index (χ1n) is 9.00. The molecular weight excluding hydrogens is 549 g/mol. The Kier molecular flexibility index (Phi) is 6.03. The van der Waals surface area contributed by atoms with Crippen molar-refractivity contribution in [2.24, 2.45) is 0 Å². The number of hydrogen-bond donors (Lipinski definition) is 2. The van der Waals surface area contributed by atoms with Gasteiger partial charge in [0.15, 0.2) is 5.11 Å². The van der Waals surface area contributed by atoms with Crippen molar-refractivity contribution in [2.45, 2.75) is 0 Å². The normalized spacial score (nSPS) is 12.5. The molecule has 0 radical (unpaired) electrons. The molecule has 31 heavy (non-hydrogen) atoms. The first kappa shape index (κ1) is 21.4. The minimum atomic E-state index is -0.405. The van der Waals surface area contributed by atoms with Gasteiger partial charge >= 0.3 is 0 Å². The molecule has 1 aliphatic heterocycles. The summed E-state index contributed by atoms with van der Waals surface area (Å²) in [6, 6.07) is 18.4. The lowest BCUT2D eigenvalue weighted by atomic mass is 10.1. The maximum Gasteiger partial charge on any atom is 0.266 e. The second-order valence-electron chi connectivity index (χ2n) is 6.57. The Hall–Kier alpha value is -2.82. The smallest absolute Gasteiger partial charge is 0.266 e. The Morgan fingerprint density at radius 3 is 2.23 bits per heavy atom. The van der Waals surface area contributed by atoms with Gasteiger partial charge in [-0.1, -0.05) is 29.8 Å². The van der Waals surface area contributed by atoms with Crippen LogP contribution in [0.1, 0.15) is 31.1 Å². The fourth-order valence-corrected chi connectivity index (χ4v) is 4.09. The largest absolute Gasteiger partial charge is 0.331 e. The molecule has 0 aliphatic carbocycles. The van der Waals surface area contributed by atoms with Crippen molar-refractivity contribution in [1.29, 1.82) is 0 Å². The maximum absolute atomic E-state index is 12.6. The molecule has 0 saturated carbocycles. The van der Waals surface area contributed by atoms with Crippen LogP contribution in [0.25, 0.3) is 0 Å². The van der Waals surface area contributed by atoms with Crippen LogP contribution in [0, 0.1) is 3.57 Å². The van der Waals surface area contributed by atoms with E-state index >= 15 is 0 Å². The summed E-state index contributed by atoms with van der Waals surface area (Å²) in [7, 11) is 0. The van der Waals surface area contributed by atoms with Gasteiger partial charge in [0.2, 0.25) is 0 Å². The van der Waals surface area contributed by atoms with E-state index in [1.165, 1.54) is 6.07 Å². The monoisotopic (exact) mass is 561 g/mol. The number of hydrogen-bond acceptors (Lipinski definition) is 4. The van der Waals surface area contributed by atoms with Gasteiger partial charge in [-0.15, -0.1) is 0 Å². The van der Waals surface area contributed by atoms with E-state index in [2.05, 4.69) is 33.2 Å². The number of nitrogens with zero attached hydrogens (tertiary/aromatic N) is 1. The predicted molar refractivity (Wildman–Crippen MR) is 132 cm³/mol. The molecule has 0 unspecified atom stereocenters. The van der Waals surface area contributed by atoms with Crippen LogP contribution in [-0.2, 0) is 0 Å². The number of fused-ring (bicyclic) bond motifs is 1. The lowest BCUT2D eigenvalue weighted by molar-refractivity contribution is 0.0923. The van der Waals surface area contributed by atoms with Crippen LogP contribution >= 0.6 is 46.4 Å². The quantitative estimate of drug-likeness (QED) is 0.271. The highest BCUT2D eigenvalue weighted by molar-refractivity contribution is 14.1. The van der Waals surface area contributed by atoms with Gasteiger partial charge in [0, 0.05) is 9.13 Å². The van der Waals surface area contributed by atoms with E-state index in [1.807, 2.05) is 6.07 Å². The minimum absolute atomic E-state index is 0.0687. The van der Waals surface area contributed by atoms with Crippen LogP contribution in [0.2, 0.25) is 5.02 Å². The molecule has 3 aromatic carbocycles. The number of anilines is 2. The number of benzene rings is 3. The summed E-state index contributed by atoms with van der Waals surface area (Å²) in [6.45, 7) is 0. The molecule has 6 nitrogen and oxygen atoms in total. The number of rotatable bonds is 3. The van der Waals surface area contributed by atoms with E-state index in [1.54, 1.807) is 54.6 Å². The maximum atomic E-state index is 12.6. The van der Waals surface area contributed by atoms with Gasteiger partial charge < -0.3 is 5.32 Å². The van der Waals surface area contributed by atoms with Gasteiger partial charge in [-0.2, -0.15) is 0 Å². The van der Waals surface area contributed by atoms with Crippen LogP contribution in [0.15, 0.2) is 66.7 Å². The highest BCUT2D eigenvalue weighted by atomic mass is 127. The number of carbonyl (C=O) groups excluding carboxylic acids is 3. The Bertz CT molecular complexity index is 1230. The SMILES string of the molecule is O=C(NC(=S)Nc1ccc(N2C(=O)c3ccccc3C2=O)cc1Cl)c1cccc(I)c1. The third-order valence-corrected chi connectivity index (χ3v) is 5.75. The molecule has 1 aliphatic rings. The summed E-state index contributed by atoms with van der Waals surface area (Å²) < 4.78 is 0.927. The lowest BCUT2D eigenvalue weighted by Crippen LogP contribution is -2.34. The fourth-order valence-electron chi connectivity index (χ4n) is 3.13. The van der Waals surface area contributed by atoms with Crippen molar-refractivity contribution < 1.29 is 14.4 Å². The van der Waals surface area contributed by atoms with Crippen LogP contribution in [0.4, 0.5) is 11.4 Å². The molecule has 0 bridgehead atoms. The highest BCUT2D eigenvalue weighted by Crippen LogP contribution is 2.32. The summed E-state index contributed by atoms with van der Waals surface area (Å²) in [5.74, 6) is -1.16. The third kappa shape index (κ3) is 4.32. The van der Waals surface area contributed by atoms with Gasteiger partial charge in [0.1, 0.15) is 0 Å². The average Bonchev–Trinajstić information content (AvgIpc) is 3.00. The number of imide groups is 1. The van der Waals surface area contributed by atoms with E-state index in [-0.39, 0.29) is 16.0 Å². The Labute approximate surface area is 201 Å². The van der Waals surface area contributed by atoms with Gasteiger partial charge in [0.05, 0.1) is 27.5 Å². The molecule has 154 valence electrons. The Morgan fingerprint density at radius 2 is 1.61 bits per heavy atom. The number of thiocarbonyl (C=S) groups is 1. The summed E-state index contributed by atoms with van der Waals surface area (Å²) >= 11 is 13.7. The van der Waals surface area contributed by atoms with E-state index in [4.69, 9.17) is 23.8 Å². The lowest BCUT2D eigenvalue weighted by Gasteiger charge is -2.16. The van der Waals surface area contributed by atoms with Gasteiger partial charge in [-0.05, 0) is 83.3 Å². The molecule has 0 fully saturated rings. The van der Waals surface area contributed by atoms with Crippen LogP contribution in [-0.4, -0.2) is 22.8 Å². The molecule has 3 aromatic rings. The molecule has 0 atom stereocenters. The van der Waals surface area contributed by atoms with Crippen molar-refractivity contribution in [3.63, 3.8) is 0 Å². The molecule has 1 heterocycles. The molecule has 2 N–H and O–H groups in total. The van der Waals surface area contributed by atoms with E-state index in [0.717, 1.165) is 8.47 Å². The van der Waals surface area contributed by atoms with E-state index < -0.39 is 11.8 Å². The second kappa shape index (κ2) is 8.74. The number of carbonyl (C=O) groups is 3. The first-order valence-corrected chi connectivity index (χ1v) is 10.9. The van der Waals surface area contributed by atoms with Crippen molar-refractivity contribution >= 4 is 80.6 Å². The molecule has 9 heteroatoms. The van der Waals surface area contributed by atoms with Crippen molar-refractivity contribution in [3.05, 3.63) is 92.0 Å².